The maximum absolute atomic E-state index is 10.6. The Hall–Kier alpha value is -2.11. The van der Waals surface area contributed by atoms with E-state index in [9.17, 15) is 22.1 Å². The molecule has 17 heavy (non-hydrogen) atoms. The summed E-state index contributed by atoms with van der Waals surface area (Å²) in [5, 5.41) is 11.0. The Morgan fingerprint density at radius 2 is 1.76 bits per heavy atom. The fourth-order valence-corrected chi connectivity index (χ4v) is 0.856. The van der Waals surface area contributed by atoms with Crippen LogP contribution in [0.15, 0.2) is 24.3 Å². The molecule has 0 aliphatic carbocycles. The first-order chi connectivity index (χ1) is 7.74. The Morgan fingerprint density at radius 3 is 2.18 bits per heavy atom. The van der Waals surface area contributed by atoms with Crippen LogP contribution in [0.1, 0.15) is 6.92 Å². The summed E-state index contributed by atoms with van der Waals surface area (Å²) in [5.74, 6) is -0.189. The van der Waals surface area contributed by atoms with E-state index >= 15 is 0 Å². The first kappa shape index (κ1) is 14.9. The standard InChI is InChI=1S/C8H7N3O.BF4/c1-6(12)10-7-4-2-3-5-8(7)11-9;2-1(3,4)5/h2-5H,1H3;/q;-1/p+1. The van der Waals surface area contributed by atoms with Crippen molar-refractivity contribution in [2.45, 2.75) is 6.92 Å². The van der Waals surface area contributed by atoms with Crippen LogP contribution in [-0.2, 0) is 4.79 Å². The van der Waals surface area contributed by atoms with Gasteiger partial charge in [0, 0.05) is 13.0 Å². The monoisotopic (exact) mass is 249 g/mol. The third kappa shape index (κ3) is 8.86. The summed E-state index contributed by atoms with van der Waals surface area (Å²) >= 11 is 0. The maximum Gasteiger partial charge on any atom is 0.673 e. The van der Waals surface area contributed by atoms with E-state index in [1.54, 1.807) is 24.3 Å². The topological polar surface area (TPSA) is 57.2 Å². The molecule has 0 atom stereocenters. The van der Waals surface area contributed by atoms with Gasteiger partial charge in [-0.15, -0.1) is 0 Å². The second-order valence-corrected chi connectivity index (χ2v) is 2.79. The van der Waals surface area contributed by atoms with Gasteiger partial charge < -0.3 is 22.6 Å². The first-order valence-corrected chi connectivity index (χ1v) is 4.33. The molecular formula is C8H8BF4N3O. The molecule has 0 aliphatic rings. The molecule has 1 aromatic rings. The molecule has 0 spiro atoms. The molecule has 1 aromatic carbocycles. The highest BCUT2D eigenvalue weighted by molar-refractivity contribution is 6.50. The zero-order valence-corrected chi connectivity index (χ0v) is 8.70. The van der Waals surface area contributed by atoms with E-state index in [-0.39, 0.29) is 5.91 Å². The number of carbonyl (C=O) groups excluding carboxylic acids is 1. The summed E-state index contributed by atoms with van der Waals surface area (Å²) in [6.45, 7) is 1.40. The molecule has 9 heteroatoms. The third-order valence-electron chi connectivity index (χ3n) is 1.32. The molecule has 0 heterocycles. The highest BCUT2D eigenvalue weighted by Gasteiger charge is 2.20. The highest BCUT2D eigenvalue weighted by atomic mass is 19.5. The van der Waals surface area contributed by atoms with Gasteiger partial charge in [-0.05, 0) is 6.07 Å². The summed E-state index contributed by atoms with van der Waals surface area (Å²) in [5.41, 5.74) is 0.861. The SMILES string of the molecule is CC(=O)Nc1ccccc1[N+]#N.F[B-](F)(F)F. The molecule has 0 saturated carbocycles. The van der Waals surface area contributed by atoms with Gasteiger partial charge in [-0.25, -0.2) is 0 Å². The number of para-hydroxylation sites is 1. The van der Waals surface area contributed by atoms with Gasteiger partial charge in [0.25, 0.3) is 0 Å². The molecule has 92 valence electrons. The molecule has 0 radical (unpaired) electrons. The number of halogens is 4. The molecule has 0 bridgehead atoms. The van der Waals surface area contributed by atoms with E-state index in [2.05, 4.69) is 10.3 Å². The largest absolute Gasteiger partial charge is 0.673 e. The number of rotatable bonds is 1. The smallest absolute Gasteiger partial charge is 0.418 e. The lowest BCUT2D eigenvalue weighted by atomic mass is 10.3. The van der Waals surface area contributed by atoms with Crippen molar-refractivity contribution in [1.82, 2.24) is 0 Å². The maximum atomic E-state index is 10.6. The number of carbonyl (C=O) groups is 1. The predicted molar refractivity (Wildman–Crippen MR) is 55.7 cm³/mol. The Morgan fingerprint density at radius 1 is 1.29 bits per heavy atom. The molecule has 0 fully saturated rings. The van der Waals surface area contributed by atoms with Gasteiger partial charge >= 0.3 is 12.9 Å². The van der Waals surface area contributed by atoms with E-state index in [0.29, 0.717) is 11.4 Å². The van der Waals surface area contributed by atoms with Gasteiger partial charge in [0.1, 0.15) is 5.69 Å². The van der Waals surface area contributed by atoms with Crippen LogP contribution in [0.3, 0.4) is 0 Å². The van der Waals surface area contributed by atoms with Crippen LogP contribution in [0.2, 0.25) is 0 Å². The number of amides is 1. The number of nitrogens with one attached hydrogen (secondary N) is 1. The summed E-state index contributed by atoms with van der Waals surface area (Å²) in [6.07, 6.45) is 0. The normalized spacial score (nSPS) is 9.65. The predicted octanol–water partition coefficient (Wildman–Crippen LogP) is 3.43. The highest BCUT2D eigenvalue weighted by Crippen LogP contribution is 2.23. The van der Waals surface area contributed by atoms with Gasteiger partial charge in [-0.1, -0.05) is 12.1 Å². The number of anilines is 1. The minimum atomic E-state index is -6.00. The van der Waals surface area contributed by atoms with Crippen LogP contribution >= 0.6 is 0 Å². The van der Waals surface area contributed by atoms with Gasteiger partial charge in [-0.2, -0.15) is 0 Å². The Balaban J connectivity index is 0.000000437. The van der Waals surface area contributed by atoms with Crippen molar-refractivity contribution in [2.75, 3.05) is 5.32 Å². The average Bonchev–Trinajstić information content (AvgIpc) is 2.15. The quantitative estimate of drug-likeness (QED) is 0.470. The molecule has 4 nitrogen and oxygen atoms in total. The fourth-order valence-electron chi connectivity index (χ4n) is 0.856. The van der Waals surface area contributed by atoms with Gasteiger partial charge in [-0.3, -0.25) is 4.79 Å². The van der Waals surface area contributed by atoms with Crippen molar-refractivity contribution >= 4 is 24.5 Å². The van der Waals surface area contributed by atoms with E-state index in [1.165, 1.54) is 6.92 Å². The summed E-state index contributed by atoms with van der Waals surface area (Å²) < 4.78 is 39.0. The van der Waals surface area contributed by atoms with Crippen molar-refractivity contribution < 1.29 is 22.1 Å². The van der Waals surface area contributed by atoms with E-state index in [4.69, 9.17) is 5.39 Å². The van der Waals surface area contributed by atoms with E-state index in [1.807, 2.05) is 0 Å². The molecule has 0 unspecified atom stereocenters. The van der Waals surface area contributed by atoms with E-state index < -0.39 is 7.25 Å². The van der Waals surface area contributed by atoms with Crippen LogP contribution in [-0.4, -0.2) is 13.2 Å². The van der Waals surface area contributed by atoms with Crippen LogP contribution in [0.4, 0.5) is 28.6 Å². The number of diazo groups is 1. The minimum Gasteiger partial charge on any atom is -0.418 e. The number of nitrogens with zero attached hydrogens (tertiary/aromatic N) is 2. The van der Waals surface area contributed by atoms with Crippen LogP contribution in [0.5, 0.6) is 0 Å². The molecule has 1 amide bonds. The number of hydrogen-bond donors (Lipinski definition) is 1. The molecule has 1 rings (SSSR count). The zero-order valence-electron chi connectivity index (χ0n) is 8.70. The lowest BCUT2D eigenvalue weighted by molar-refractivity contribution is -0.114. The van der Waals surface area contributed by atoms with Crippen molar-refractivity contribution in [3.63, 3.8) is 0 Å². The van der Waals surface area contributed by atoms with Gasteiger partial charge in [0.05, 0.1) is 0 Å². The average molecular weight is 249 g/mol. The Bertz CT molecular complexity index is 424. The fraction of sp³-hybridized carbons (Fsp3) is 0.125. The van der Waals surface area contributed by atoms with E-state index in [0.717, 1.165) is 0 Å². The van der Waals surface area contributed by atoms with Gasteiger partial charge in [0.2, 0.25) is 11.3 Å². The second kappa shape index (κ2) is 6.47. The lowest BCUT2D eigenvalue weighted by Gasteiger charge is -1.95. The lowest BCUT2D eigenvalue weighted by Crippen LogP contribution is -2.05. The minimum absolute atomic E-state index is 0.189. The zero-order chi connectivity index (χ0) is 13.5. The third-order valence-corrected chi connectivity index (χ3v) is 1.32. The Kier molecular flexibility index (Phi) is 5.67. The summed E-state index contributed by atoms with van der Waals surface area (Å²) in [7, 11) is -6.00. The van der Waals surface area contributed by atoms with Crippen LogP contribution < -0.4 is 5.32 Å². The van der Waals surface area contributed by atoms with Crippen LogP contribution in [0, 0.1) is 5.39 Å². The molecule has 0 aliphatic heterocycles. The number of hydrogen-bond acceptors (Lipinski definition) is 2. The molecule has 0 aromatic heterocycles. The van der Waals surface area contributed by atoms with Gasteiger partial charge in [0.15, 0.2) is 4.98 Å². The molecule has 0 saturated heterocycles. The first-order valence-electron chi connectivity index (χ1n) is 4.33. The van der Waals surface area contributed by atoms with Crippen LogP contribution in [0.25, 0.3) is 4.98 Å². The Labute approximate surface area is 94.4 Å². The second-order valence-electron chi connectivity index (χ2n) is 2.79. The number of benzene rings is 1. The molecule has 1 N–H and O–H groups in total. The van der Waals surface area contributed by atoms with Crippen molar-refractivity contribution in [3.05, 3.63) is 29.2 Å². The molecular weight excluding hydrogens is 241 g/mol. The van der Waals surface area contributed by atoms with Crippen molar-refractivity contribution in [3.8, 4) is 0 Å². The summed E-state index contributed by atoms with van der Waals surface area (Å²) in [4.78, 5) is 13.7. The van der Waals surface area contributed by atoms with Crippen molar-refractivity contribution in [1.29, 1.82) is 5.39 Å². The summed E-state index contributed by atoms with van der Waals surface area (Å²) in [6, 6.07) is 6.74. The van der Waals surface area contributed by atoms with Crippen molar-refractivity contribution in [2.24, 2.45) is 0 Å².